The lowest BCUT2D eigenvalue weighted by Gasteiger charge is -2.30. The summed E-state index contributed by atoms with van der Waals surface area (Å²) in [5.41, 5.74) is 1.70. The van der Waals surface area contributed by atoms with E-state index in [1.54, 1.807) is 32.4 Å². The number of anilines is 3. The standard InChI is InChI=1S/C22H32N6O3/c1-14-13-23-21(27-20(14)28(2)3)24-15-6-8-16(9-7-15)25-22(29)26-17-10-11-18(30-4)19(12-17)31-5/h10-13,15-16H,6-9H2,1-5H3,(H,23,24,27)(H2,25,26,29)/t15-,16+. The number of hydrogen-bond donors (Lipinski definition) is 3. The van der Waals surface area contributed by atoms with Gasteiger partial charge in [-0.05, 0) is 44.7 Å². The Hall–Kier alpha value is -3.23. The van der Waals surface area contributed by atoms with Crippen molar-refractivity contribution in [3.8, 4) is 11.5 Å². The summed E-state index contributed by atoms with van der Waals surface area (Å²) in [6, 6.07) is 5.49. The molecular weight excluding hydrogens is 396 g/mol. The zero-order valence-corrected chi connectivity index (χ0v) is 18.9. The van der Waals surface area contributed by atoms with Crippen molar-refractivity contribution in [1.29, 1.82) is 0 Å². The lowest BCUT2D eigenvalue weighted by atomic mass is 9.91. The van der Waals surface area contributed by atoms with Crippen molar-refractivity contribution < 1.29 is 14.3 Å². The molecule has 0 aliphatic heterocycles. The first kappa shape index (κ1) is 22.5. The maximum atomic E-state index is 12.4. The van der Waals surface area contributed by atoms with Gasteiger partial charge in [0, 0.05) is 49.7 Å². The van der Waals surface area contributed by atoms with Crippen LogP contribution in [0.5, 0.6) is 11.5 Å². The fraction of sp³-hybridized carbons (Fsp3) is 0.500. The maximum Gasteiger partial charge on any atom is 0.319 e. The molecule has 1 heterocycles. The van der Waals surface area contributed by atoms with E-state index in [4.69, 9.17) is 9.47 Å². The zero-order chi connectivity index (χ0) is 22.4. The van der Waals surface area contributed by atoms with E-state index in [2.05, 4.69) is 25.9 Å². The average molecular weight is 429 g/mol. The number of aryl methyl sites for hydroxylation is 1. The van der Waals surface area contributed by atoms with E-state index in [1.807, 2.05) is 32.1 Å². The molecule has 0 unspecified atom stereocenters. The van der Waals surface area contributed by atoms with Gasteiger partial charge in [-0.15, -0.1) is 0 Å². The van der Waals surface area contributed by atoms with Crippen molar-refractivity contribution in [3.63, 3.8) is 0 Å². The SMILES string of the molecule is COc1ccc(NC(=O)N[C@H]2CC[C@@H](Nc3ncc(C)c(N(C)C)n3)CC2)cc1OC. The Balaban J connectivity index is 1.48. The van der Waals surface area contributed by atoms with Crippen molar-refractivity contribution in [3.05, 3.63) is 30.0 Å². The zero-order valence-electron chi connectivity index (χ0n) is 18.9. The fourth-order valence-electron chi connectivity index (χ4n) is 3.79. The molecule has 0 atom stereocenters. The van der Waals surface area contributed by atoms with Gasteiger partial charge in [0.25, 0.3) is 0 Å². The smallest absolute Gasteiger partial charge is 0.319 e. The third kappa shape index (κ3) is 5.90. The van der Waals surface area contributed by atoms with Crippen LogP contribution in [0.25, 0.3) is 0 Å². The summed E-state index contributed by atoms with van der Waals surface area (Å²) >= 11 is 0. The first-order valence-corrected chi connectivity index (χ1v) is 10.5. The average Bonchev–Trinajstić information content (AvgIpc) is 2.76. The number of urea groups is 1. The lowest BCUT2D eigenvalue weighted by Crippen LogP contribution is -2.42. The van der Waals surface area contributed by atoms with Gasteiger partial charge in [0.15, 0.2) is 11.5 Å². The van der Waals surface area contributed by atoms with Crippen LogP contribution >= 0.6 is 0 Å². The van der Waals surface area contributed by atoms with Gasteiger partial charge in [-0.2, -0.15) is 4.98 Å². The van der Waals surface area contributed by atoms with Crippen LogP contribution in [0.15, 0.2) is 24.4 Å². The molecule has 1 aliphatic rings. The first-order valence-electron chi connectivity index (χ1n) is 10.5. The number of methoxy groups -OCH3 is 2. The number of carbonyl (C=O) groups excluding carboxylic acids is 1. The summed E-state index contributed by atoms with van der Waals surface area (Å²) in [4.78, 5) is 23.4. The van der Waals surface area contributed by atoms with Gasteiger partial charge >= 0.3 is 6.03 Å². The number of ether oxygens (including phenoxy) is 2. The molecule has 3 rings (SSSR count). The second kappa shape index (κ2) is 10.2. The Labute approximate surface area is 183 Å². The number of benzene rings is 1. The Bertz CT molecular complexity index is 897. The van der Waals surface area contributed by atoms with E-state index in [-0.39, 0.29) is 12.1 Å². The highest BCUT2D eigenvalue weighted by Gasteiger charge is 2.23. The highest BCUT2D eigenvalue weighted by Crippen LogP contribution is 2.30. The molecule has 0 spiro atoms. The van der Waals surface area contributed by atoms with Crippen molar-refractivity contribution in [2.75, 3.05) is 43.8 Å². The van der Waals surface area contributed by atoms with Crippen molar-refractivity contribution >= 4 is 23.5 Å². The molecule has 0 radical (unpaired) electrons. The molecular formula is C22H32N6O3. The Morgan fingerprint density at radius 1 is 1.06 bits per heavy atom. The van der Waals surface area contributed by atoms with Gasteiger partial charge in [-0.3, -0.25) is 0 Å². The number of nitrogens with one attached hydrogen (secondary N) is 3. The fourth-order valence-corrected chi connectivity index (χ4v) is 3.79. The molecule has 0 bridgehead atoms. The molecule has 3 N–H and O–H groups in total. The second-order valence-electron chi connectivity index (χ2n) is 7.96. The van der Waals surface area contributed by atoms with Crippen LogP contribution in [-0.4, -0.2) is 56.4 Å². The molecule has 9 heteroatoms. The van der Waals surface area contributed by atoms with Crippen molar-refractivity contribution in [2.45, 2.75) is 44.7 Å². The summed E-state index contributed by atoms with van der Waals surface area (Å²) in [7, 11) is 7.10. The summed E-state index contributed by atoms with van der Waals surface area (Å²) in [5.74, 6) is 2.76. The predicted molar refractivity (Wildman–Crippen MR) is 122 cm³/mol. The molecule has 2 aromatic rings. The lowest BCUT2D eigenvalue weighted by molar-refractivity contribution is 0.243. The Morgan fingerprint density at radius 3 is 2.39 bits per heavy atom. The second-order valence-corrected chi connectivity index (χ2v) is 7.96. The molecule has 1 fully saturated rings. The highest BCUT2D eigenvalue weighted by molar-refractivity contribution is 5.89. The monoisotopic (exact) mass is 428 g/mol. The molecule has 1 aromatic carbocycles. The number of rotatable bonds is 7. The van der Waals surface area contributed by atoms with Gasteiger partial charge in [-0.25, -0.2) is 9.78 Å². The van der Waals surface area contributed by atoms with E-state index in [9.17, 15) is 4.79 Å². The van der Waals surface area contributed by atoms with E-state index < -0.39 is 0 Å². The largest absolute Gasteiger partial charge is 0.493 e. The predicted octanol–water partition coefficient (Wildman–Crippen LogP) is 3.41. The third-order valence-corrected chi connectivity index (χ3v) is 5.41. The van der Waals surface area contributed by atoms with E-state index in [0.717, 1.165) is 37.1 Å². The van der Waals surface area contributed by atoms with Gasteiger partial charge in [-0.1, -0.05) is 0 Å². The summed E-state index contributed by atoms with van der Waals surface area (Å²) in [6.07, 6.45) is 5.51. The third-order valence-electron chi connectivity index (χ3n) is 5.41. The highest BCUT2D eigenvalue weighted by atomic mass is 16.5. The molecule has 0 saturated heterocycles. The molecule has 31 heavy (non-hydrogen) atoms. The number of carbonyl (C=O) groups is 1. The van der Waals surface area contributed by atoms with E-state index in [1.165, 1.54) is 0 Å². The number of hydrogen-bond acceptors (Lipinski definition) is 7. The van der Waals surface area contributed by atoms with Crippen LogP contribution in [0.4, 0.5) is 22.2 Å². The van der Waals surface area contributed by atoms with Crippen LogP contribution in [0.3, 0.4) is 0 Å². The van der Waals surface area contributed by atoms with Crippen LogP contribution in [0.2, 0.25) is 0 Å². The number of amides is 2. The number of nitrogens with zero attached hydrogens (tertiary/aromatic N) is 3. The van der Waals surface area contributed by atoms with Crippen LogP contribution in [-0.2, 0) is 0 Å². The number of aromatic nitrogens is 2. The Kier molecular flexibility index (Phi) is 7.38. The summed E-state index contributed by atoms with van der Waals surface area (Å²) < 4.78 is 10.5. The quantitative estimate of drug-likeness (QED) is 0.621. The van der Waals surface area contributed by atoms with Crippen LogP contribution < -0.4 is 30.3 Å². The van der Waals surface area contributed by atoms with Gasteiger partial charge in [0.2, 0.25) is 5.95 Å². The molecule has 168 valence electrons. The van der Waals surface area contributed by atoms with Crippen molar-refractivity contribution in [1.82, 2.24) is 15.3 Å². The maximum absolute atomic E-state index is 12.4. The molecule has 9 nitrogen and oxygen atoms in total. The first-order chi connectivity index (χ1) is 14.9. The van der Waals surface area contributed by atoms with Gasteiger partial charge < -0.3 is 30.3 Å². The minimum Gasteiger partial charge on any atom is -0.493 e. The van der Waals surface area contributed by atoms with Crippen molar-refractivity contribution in [2.24, 2.45) is 0 Å². The van der Waals surface area contributed by atoms with Crippen LogP contribution in [0, 0.1) is 6.92 Å². The molecule has 2 amide bonds. The minimum atomic E-state index is -0.221. The Morgan fingerprint density at radius 2 is 1.74 bits per heavy atom. The van der Waals surface area contributed by atoms with E-state index in [0.29, 0.717) is 29.2 Å². The molecule has 1 saturated carbocycles. The molecule has 1 aliphatic carbocycles. The minimum absolute atomic E-state index is 0.134. The van der Waals surface area contributed by atoms with Gasteiger partial charge in [0.1, 0.15) is 5.82 Å². The summed E-state index contributed by atoms with van der Waals surface area (Å²) in [6.45, 7) is 2.00. The summed E-state index contributed by atoms with van der Waals surface area (Å²) in [5, 5.41) is 9.36. The van der Waals surface area contributed by atoms with E-state index >= 15 is 0 Å². The normalized spacial score (nSPS) is 18.1. The van der Waals surface area contributed by atoms with Crippen LogP contribution in [0.1, 0.15) is 31.2 Å². The molecule has 1 aromatic heterocycles. The topological polar surface area (TPSA) is 101 Å². The van der Waals surface area contributed by atoms with Gasteiger partial charge in [0.05, 0.1) is 14.2 Å².